The summed E-state index contributed by atoms with van der Waals surface area (Å²) in [5, 5.41) is 8.95. The van der Waals surface area contributed by atoms with Crippen molar-refractivity contribution in [3.8, 4) is 11.5 Å². The van der Waals surface area contributed by atoms with E-state index in [0.717, 1.165) is 32.7 Å². The van der Waals surface area contributed by atoms with Crippen LogP contribution in [0.5, 0.6) is 11.5 Å². The molecule has 1 saturated heterocycles. The van der Waals surface area contributed by atoms with Gasteiger partial charge < -0.3 is 25.4 Å². The van der Waals surface area contributed by atoms with E-state index in [-0.39, 0.29) is 6.03 Å². The largest absolute Gasteiger partial charge is 0.497 e. The molecule has 1 aliphatic heterocycles. The number of urea groups is 1. The Morgan fingerprint density at radius 3 is 2.41 bits per heavy atom. The van der Waals surface area contributed by atoms with Crippen molar-refractivity contribution in [2.24, 2.45) is 0 Å². The van der Waals surface area contributed by atoms with Gasteiger partial charge in [-0.1, -0.05) is 0 Å². The SMILES string of the molecule is COc1cc(NC(=O)NCCN2CCNCC2)cc(OC)c1. The van der Waals surface area contributed by atoms with E-state index >= 15 is 0 Å². The average Bonchev–Trinajstić information content (AvgIpc) is 2.55. The number of anilines is 1. The third kappa shape index (κ3) is 5.09. The summed E-state index contributed by atoms with van der Waals surface area (Å²) in [7, 11) is 3.15. The number of carbonyl (C=O) groups excluding carboxylic acids is 1. The number of hydrogen-bond acceptors (Lipinski definition) is 5. The lowest BCUT2D eigenvalue weighted by Crippen LogP contribution is -2.46. The molecule has 0 aromatic heterocycles. The van der Waals surface area contributed by atoms with E-state index in [0.29, 0.717) is 23.7 Å². The number of methoxy groups -OCH3 is 2. The molecule has 1 heterocycles. The maximum absolute atomic E-state index is 11.9. The Morgan fingerprint density at radius 1 is 1.18 bits per heavy atom. The van der Waals surface area contributed by atoms with E-state index in [4.69, 9.17) is 9.47 Å². The van der Waals surface area contributed by atoms with Crippen molar-refractivity contribution < 1.29 is 14.3 Å². The predicted octanol–water partition coefficient (Wildman–Crippen LogP) is 0.731. The molecule has 2 rings (SSSR count). The number of nitrogens with one attached hydrogen (secondary N) is 3. The number of carbonyl (C=O) groups is 1. The fourth-order valence-corrected chi connectivity index (χ4v) is 2.32. The van der Waals surface area contributed by atoms with Gasteiger partial charge in [0.25, 0.3) is 0 Å². The van der Waals surface area contributed by atoms with Crippen LogP contribution in [0.25, 0.3) is 0 Å². The summed E-state index contributed by atoms with van der Waals surface area (Å²) in [5.41, 5.74) is 0.635. The van der Waals surface area contributed by atoms with Crippen LogP contribution in [-0.2, 0) is 0 Å². The van der Waals surface area contributed by atoms with Crippen molar-refractivity contribution in [1.29, 1.82) is 0 Å². The Hall–Kier alpha value is -1.99. The molecule has 0 aliphatic carbocycles. The predicted molar refractivity (Wildman–Crippen MR) is 85.9 cm³/mol. The minimum Gasteiger partial charge on any atom is -0.497 e. The van der Waals surface area contributed by atoms with Crippen molar-refractivity contribution in [2.45, 2.75) is 0 Å². The Kier molecular flexibility index (Phi) is 6.29. The van der Waals surface area contributed by atoms with Crippen LogP contribution in [0.2, 0.25) is 0 Å². The van der Waals surface area contributed by atoms with Crippen molar-refractivity contribution in [2.75, 3.05) is 58.8 Å². The first-order valence-electron chi connectivity index (χ1n) is 7.42. The molecule has 22 heavy (non-hydrogen) atoms. The van der Waals surface area contributed by atoms with E-state index in [1.807, 2.05) is 0 Å². The molecule has 7 nitrogen and oxygen atoms in total. The van der Waals surface area contributed by atoms with Gasteiger partial charge in [-0.2, -0.15) is 0 Å². The molecule has 3 N–H and O–H groups in total. The quantitative estimate of drug-likeness (QED) is 0.722. The normalized spacial score (nSPS) is 15.2. The van der Waals surface area contributed by atoms with E-state index in [9.17, 15) is 4.79 Å². The zero-order valence-corrected chi connectivity index (χ0v) is 13.1. The highest BCUT2D eigenvalue weighted by Crippen LogP contribution is 2.25. The first-order chi connectivity index (χ1) is 10.7. The average molecular weight is 308 g/mol. The monoisotopic (exact) mass is 308 g/mol. The Bertz CT molecular complexity index is 467. The number of hydrogen-bond donors (Lipinski definition) is 3. The number of nitrogens with zero attached hydrogens (tertiary/aromatic N) is 1. The van der Waals surface area contributed by atoms with Gasteiger partial charge in [0.1, 0.15) is 11.5 Å². The molecule has 0 saturated carbocycles. The van der Waals surface area contributed by atoms with Gasteiger partial charge >= 0.3 is 6.03 Å². The molecule has 0 bridgehead atoms. The molecule has 0 radical (unpaired) electrons. The summed E-state index contributed by atoms with van der Waals surface area (Å²) < 4.78 is 10.4. The highest BCUT2D eigenvalue weighted by molar-refractivity contribution is 5.89. The van der Waals surface area contributed by atoms with Gasteiger partial charge in [-0.15, -0.1) is 0 Å². The summed E-state index contributed by atoms with van der Waals surface area (Å²) in [6.45, 7) is 5.54. The molecule has 2 amide bonds. The third-order valence-corrected chi connectivity index (χ3v) is 3.53. The maximum Gasteiger partial charge on any atom is 0.319 e. The molecule has 1 fully saturated rings. The first kappa shape index (κ1) is 16.4. The van der Waals surface area contributed by atoms with Crippen LogP contribution in [0.15, 0.2) is 18.2 Å². The first-order valence-corrected chi connectivity index (χ1v) is 7.42. The number of piperazine rings is 1. The zero-order chi connectivity index (χ0) is 15.8. The zero-order valence-electron chi connectivity index (χ0n) is 13.1. The summed E-state index contributed by atoms with van der Waals surface area (Å²) in [6.07, 6.45) is 0. The van der Waals surface area contributed by atoms with E-state index < -0.39 is 0 Å². The highest BCUT2D eigenvalue weighted by Gasteiger charge is 2.10. The standard InChI is InChI=1S/C15H24N4O3/c1-21-13-9-12(10-14(11-13)22-2)18-15(20)17-5-8-19-6-3-16-4-7-19/h9-11,16H,3-8H2,1-2H3,(H2,17,18,20). The van der Waals surface area contributed by atoms with Crippen LogP contribution in [0.3, 0.4) is 0 Å². The molecular formula is C15H24N4O3. The summed E-state index contributed by atoms with van der Waals surface area (Å²) in [4.78, 5) is 14.2. The second-order valence-corrected chi connectivity index (χ2v) is 5.07. The fraction of sp³-hybridized carbons (Fsp3) is 0.533. The fourth-order valence-electron chi connectivity index (χ4n) is 2.32. The Balaban J connectivity index is 1.78. The summed E-state index contributed by atoms with van der Waals surface area (Å²) in [6, 6.07) is 5.02. The van der Waals surface area contributed by atoms with Crippen molar-refractivity contribution >= 4 is 11.7 Å². The lowest BCUT2D eigenvalue weighted by molar-refractivity contribution is 0.233. The molecule has 1 aliphatic rings. The van der Waals surface area contributed by atoms with Crippen LogP contribution < -0.4 is 25.4 Å². The Labute approximate surface area is 131 Å². The third-order valence-electron chi connectivity index (χ3n) is 3.53. The second-order valence-electron chi connectivity index (χ2n) is 5.07. The van der Waals surface area contributed by atoms with Gasteiger partial charge in [0, 0.05) is 63.2 Å². The minimum atomic E-state index is -0.231. The van der Waals surface area contributed by atoms with E-state index in [1.165, 1.54) is 0 Å². The van der Waals surface area contributed by atoms with Crippen molar-refractivity contribution in [3.63, 3.8) is 0 Å². The maximum atomic E-state index is 11.9. The molecule has 7 heteroatoms. The van der Waals surface area contributed by atoms with Crippen LogP contribution in [0, 0.1) is 0 Å². The van der Waals surface area contributed by atoms with E-state index in [1.54, 1.807) is 32.4 Å². The topological polar surface area (TPSA) is 74.9 Å². The summed E-state index contributed by atoms with van der Waals surface area (Å²) in [5.74, 6) is 1.27. The highest BCUT2D eigenvalue weighted by atomic mass is 16.5. The Morgan fingerprint density at radius 2 is 1.82 bits per heavy atom. The van der Waals surface area contributed by atoms with Crippen molar-refractivity contribution in [1.82, 2.24) is 15.5 Å². The molecule has 1 aromatic rings. The molecule has 0 unspecified atom stereocenters. The van der Waals surface area contributed by atoms with Crippen LogP contribution in [0.1, 0.15) is 0 Å². The number of ether oxygens (including phenoxy) is 2. The van der Waals surface area contributed by atoms with Gasteiger partial charge in [0.2, 0.25) is 0 Å². The molecule has 1 aromatic carbocycles. The molecule has 0 spiro atoms. The van der Waals surface area contributed by atoms with Gasteiger partial charge in [-0.05, 0) is 0 Å². The second kappa shape index (κ2) is 8.45. The number of rotatable bonds is 6. The molecular weight excluding hydrogens is 284 g/mol. The van der Waals surface area contributed by atoms with Crippen LogP contribution in [0.4, 0.5) is 10.5 Å². The molecule has 0 atom stereocenters. The van der Waals surface area contributed by atoms with Crippen LogP contribution >= 0.6 is 0 Å². The van der Waals surface area contributed by atoms with Crippen LogP contribution in [-0.4, -0.2) is 64.4 Å². The van der Waals surface area contributed by atoms with Gasteiger partial charge in [0.05, 0.1) is 14.2 Å². The molecule has 122 valence electrons. The lowest BCUT2D eigenvalue weighted by atomic mass is 10.3. The van der Waals surface area contributed by atoms with Gasteiger partial charge in [-0.3, -0.25) is 4.90 Å². The number of amides is 2. The van der Waals surface area contributed by atoms with Crippen molar-refractivity contribution in [3.05, 3.63) is 18.2 Å². The number of benzene rings is 1. The smallest absolute Gasteiger partial charge is 0.319 e. The van der Waals surface area contributed by atoms with Gasteiger partial charge in [0.15, 0.2) is 0 Å². The minimum absolute atomic E-state index is 0.231. The lowest BCUT2D eigenvalue weighted by Gasteiger charge is -2.27. The van der Waals surface area contributed by atoms with Gasteiger partial charge in [-0.25, -0.2) is 4.79 Å². The van der Waals surface area contributed by atoms with E-state index in [2.05, 4.69) is 20.9 Å². The summed E-state index contributed by atoms with van der Waals surface area (Å²) >= 11 is 0.